The van der Waals surface area contributed by atoms with Crippen molar-refractivity contribution in [2.75, 3.05) is 0 Å². The summed E-state index contributed by atoms with van der Waals surface area (Å²) in [6.07, 6.45) is -6.33. The van der Waals surface area contributed by atoms with Crippen molar-refractivity contribution in [2.24, 2.45) is 0 Å². The zero-order valence-corrected chi connectivity index (χ0v) is 14.4. The van der Waals surface area contributed by atoms with Crippen LogP contribution < -0.4 is 0 Å². The minimum atomic E-state index is -0.960. The zero-order valence-electron chi connectivity index (χ0n) is 14.4. The van der Waals surface area contributed by atoms with Crippen LogP contribution in [0.3, 0.4) is 0 Å². The molecule has 25 heavy (non-hydrogen) atoms. The van der Waals surface area contributed by atoms with Gasteiger partial charge in [-0.05, 0) is 0 Å². The van der Waals surface area contributed by atoms with Crippen molar-refractivity contribution in [3.8, 4) is 0 Å². The molecule has 0 amide bonds. The highest BCUT2D eigenvalue weighted by Gasteiger charge is 2.47. The largest absolute Gasteiger partial charge is 0.146 e. The zero-order chi connectivity index (χ0) is 20.1. The highest BCUT2D eigenvalue weighted by atomic mass is 13.6. The predicted octanol–water partition coefficient (Wildman–Crippen LogP) is -8.80. The van der Waals surface area contributed by atoms with Crippen molar-refractivity contribution in [3.05, 3.63) is 0 Å². The first-order chi connectivity index (χ1) is 11.4. The average molecular weight is 273 g/mol. The first kappa shape index (κ1) is 26.6. The molecule has 0 aliphatic heterocycles. The van der Waals surface area contributed by atoms with Gasteiger partial charge in [0.05, 0.1) is 0 Å². The van der Waals surface area contributed by atoms with Gasteiger partial charge in [-0.2, -0.15) is 0 Å². The molecule has 0 aliphatic carbocycles. The normalized spacial score (nSPS) is 9.64. The summed E-state index contributed by atoms with van der Waals surface area (Å²) in [4.78, 5) is 0. The van der Waals surface area contributed by atoms with Gasteiger partial charge in [0.1, 0.15) is 0 Å². The molecular weight excluding hydrogens is 271 g/mol. The SMILES string of the molecule is [B][B]B(B([B])[B])B(B([B])[B])C(B(B([B])[B])B([B])[B])B(B([B])[B])B([B])[B]. The second-order valence-corrected chi connectivity index (χ2v) is 6.54. The van der Waals surface area contributed by atoms with E-state index in [-0.39, 0.29) is 0 Å². The Kier molecular flexibility index (Phi) is 13.0. The highest BCUT2D eigenvalue weighted by molar-refractivity contribution is 8.00. The maximum atomic E-state index is 5.99. The Morgan fingerprint density at radius 3 is 0.880 bits per heavy atom. The van der Waals surface area contributed by atoms with Gasteiger partial charge in [0, 0.05) is 172 Å². The van der Waals surface area contributed by atoms with Crippen LogP contribution in [0.15, 0.2) is 0 Å². The fourth-order valence-electron chi connectivity index (χ4n) is 3.59. The van der Waals surface area contributed by atoms with Crippen LogP contribution >= 0.6 is 0 Å². The summed E-state index contributed by atoms with van der Waals surface area (Å²) >= 11 is 0. The number of hydrogen-bond acceptors (Lipinski definition) is 0. The molecule has 24 heteroatoms. The van der Waals surface area contributed by atoms with Gasteiger partial charge in [-0.25, -0.2) is 0 Å². The third-order valence-electron chi connectivity index (χ3n) is 4.67. The molecule has 0 aromatic heterocycles. The summed E-state index contributed by atoms with van der Waals surface area (Å²) in [5.74, 6) is 0. The minimum absolute atomic E-state index is 0.648. The molecule has 0 fully saturated rings. The van der Waals surface area contributed by atoms with Crippen LogP contribution in [-0.2, 0) is 0 Å². The summed E-state index contributed by atoms with van der Waals surface area (Å²) in [6.45, 7) is -2.17. The molecule has 27 radical (unpaired) electrons. The van der Waals surface area contributed by atoms with Crippen molar-refractivity contribution in [1.82, 2.24) is 0 Å². The molecule has 0 aromatic rings. The van der Waals surface area contributed by atoms with Gasteiger partial charge in [-0.3, -0.25) is 0 Å². The molecule has 0 N–H and O–H groups in total. The smallest absolute Gasteiger partial charge is 0.0294 e. The summed E-state index contributed by atoms with van der Waals surface area (Å²) in [7, 11) is 77.9. The molecule has 0 saturated heterocycles. The standard InChI is InChI=1S/CHB24/c2-15-25(24(13)14)18(23(11)12)1(16(19(3)4)20(5)6)17(21(7)8)22(9)10/h1H. The first-order valence-electron chi connectivity index (χ1n) is 8.00. The third-order valence-corrected chi connectivity index (χ3v) is 4.67. The Bertz CT molecular complexity index is 304. The average Bonchev–Trinajstić information content (AvgIpc) is 2.41. The van der Waals surface area contributed by atoms with Crippen molar-refractivity contribution in [2.45, 2.75) is 5.62 Å². The topological polar surface area (TPSA) is 0 Å². The van der Waals surface area contributed by atoms with Gasteiger partial charge < -0.3 is 0 Å². The molecule has 0 nitrogen and oxygen atoms in total. The van der Waals surface area contributed by atoms with Crippen LogP contribution in [0.1, 0.15) is 0 Å². The molecule has 0 aliphatic rings. The van der Waals surface area contributed by atoms with Crippen molar-refractivity contribution >= 4 is 172 Å². The lowest BCUT2D eigenvalue weighted by atomic mass is 8.50. The van der Waals surface area contributed by atoms with E-state index in [1.165, 1.54) is 7.06 Å². The van der Waals surface area contributed by atoms with Crippen LogP contribution in [0.5, 0.6) is 0 Å². The predicted molar refractivity (Wildman–Crippen MR) is 142 cm³/mol. The van der Waals surface area contributed by atoms with Crippen LogP contribution in [0.4, 0.5) is 0 Å². The Hall–Kier alpha value is 1.56. The molecule has 0 atom stereocenters. The highest BCUT2D eigenvalue weighted by Crippen LogP contribution is 2.24. The Labute approximate surface area is 177 Å². The van der Waals surface area contributed by atoms with Crippen molar-refractivity contribution in [1.29, 1.82) is 0 Å². The van der Waals surface area contributed by atoms with Crippen LogP contribution in [0, 0.1) is 0 Å². The van der Waals surface area contributed by atoms with Gasteiger partial charge in [-0.15, -0.1) is 5.62 Å². The lowest BCUT2D eigenvalue weighted by Crippen LogP contribution is -2.76. The van der Waals surface area contributed by atoms with Gasteiger partial charge in [0.15, 0.2) is 0 Å². The monoisotopic (exact) mass is 277 g/mol. The minimum Gasteiger partial charge on any atom is -0.146 e. The summed E-state index contributed by atoms with van der Waals surface area (Å²) in [5.41, 5.74) is -0.695. The fourth-order valence-corrected chi connectivity index (χ4v) is 3.59. The van der Waals surface area contributed by atoms with E-state index in [9.17, 15) is 0 Å². The molecular formula is CHB24. The van der Waals surface area contributed by atoms with E-state index in [0.29, 0.717) is 0 Å². The van der Waals surface area contributed by atoms with Gasteiger partial charge in [0.25, 0.3) is 0 Å². The Morgan fingerprint density at radius 1 is 0.440 bits per heavy atom. The lowest BCUT2D eigenvalue weighted by molar-refractivity contribution is 1.80. The van der Waals surface area contributed by atoms with Crippen molar-refractivity contribution in [3.63, 3.8) is 0 Å². The van der Waals surface area contributed by atoms with Crippen LogP contribution in [0.2, 0.25) is 5.62 Å². The maximum absolute atomic E-state index is 5.99. The van der Waals surface area contributed by atoms with Crippen molar-refractivity contribution < 1.29 is 0 Å². The van der Waals surface area contributed by atoms with Gasteiger partial charge in [0.2, 0.25) is 0 Å². The number of rotatable bonds is 11. The van der Waals surface area contributed by atoms with E-state index in [2.05, 4.69) is 0 Å². The summed E-state index contributed by atoms with van der Waals surface area (Å²) < 4.78 is 0. The number of hydrogen-bond donors (Lipinski definition) is 0. The molecule has 0 aromatic carbocycles. The third kappa shape index (κ3) is 7.48. The molecule has 0 heterocycles. The van der Waals surface area contributed by atoms with Crippen LogP contribution in [-0.4, -0.2) is 172 Å². The molecule has 0 unspecified atom stereocenters. The second-order valence-electron chi connectivity index (χ2n) is 6.54. The Morgan fingerprint density at radius 2 is 0.720 bits per heavy atom. The molecule has 77 valence electrons. The van der Waals surface area contributed by atoms with E-state index < -0.39 is 69.8 Å². The van der Waals surface area contributed by atoms with E-state index in [0.717, 1.165) is 0 Å². The Balaban J connectivity index is 6.38. The first-order valence-corrected chi connectivity index (χ1v) is 8.00. The molecule has 0 bridgehead atoms. The molecule has 0 spiro atoms. The fraction of sp³-hybridized carbons (Fsp3) is 1.00. The quantitative estimate of drug-likeness (QED) is 0.328. The summed E-state index contributed by atoms with van der Waals surface area (Å²) in [5, 5.41) is 0. The van der Waals surface area contributed by atoms with Gasteiger partial charge >= 0.3 is 0 Å². The van der Waals surface area contributed by atoms with E-state index >= 15 is 0 Å². The van der Waals surface area contributed by atoms with Gasteiger partial charge in [-0.1, -0.05) is 0 Å². The van der Waals surface area contributed by atoms with E-state index in [1.807, 2.05) is 0 Å². The van der Waals surface area contributed by atoms with Crippen LogP contribution in [0.25, 0.3) is 0 Å². The summed E-state index contributed by atoms with van der Waals surface area (Å²) in [6, 6.07) is 0. The lowest BCUT2D eigenvalue weighted by Gasteiger charge is -2.48. The molecule has 0 rings (SSSR count). The molecule has 0 saturated carbocycles. The maximum Gasteiger partial charge on any atom is 0.0294 e. The second kappa shape index (κ2) is 12.2. The van der Waals surface area contributed by atoms with E-state index in [1.54, 1.807) is 0 Å². The van der Waals surface area contributed by atoms with E-state index in [4.69, 9.17) is 101 Å².